The van der Waals surface area contributed by atoms with Crippen molar-refractivity contribution in [2.24, 2.45) is 0 Å². The zero-order chi connectivity index (χ0) is 9.10. The molecule has 0 saturated carbocycles. The fraction of sp³-hybridized carbons (Fsp3) is 0.143. The third-order valence-corrected chi connectivity index (χ3v) is 1.55. The van der Waals surface area contributed by atoms with Crippen LogP contribution in [0.15, 0.2) is 18.3 Å². The molecule has 2 rings (SSSR count). The molecular weight excluding hydrogens is 170 g/mol. The minimum absolute atomic E-state index is 0.523. The number of methoxy groups -OCH3 is 1. The topological polar surface area (TPSA) is 76.6 Å². The first-order valence-electron chi connectivity index (χ1n) is 3.64. The number of aromatic nitrogens is 5. The monoisotopic (exact) mass is 177 g/mol. The Morgan fingerprint density at radius 1 is 1.38 bits per heavy atom. The Kier molecular flexibility index (Phi) is 1.87. The van der Waals surface area contributed by atoms with E-state index in [1.165, 1.54) is 0 Å². The minimum atomic E-state index is 0.523. The van der Waals surface area contributed by atoms with Gasteiger partial charge < -0.3 is 4.74 Å². The van der Waals surface area contributed by atoms with Gasteiger partial charge in [-0.05, 0) is 11.3 Å². The molecule has 66 valence electrons. The molecule has 0 spiro atoms. The largest absolute Gasteiger partial charge is 0.481 e. The first-order valence-corrected chi connectivity index (χ1v) is 3.64. The van der Waals surface area contributed by atoms with Gasteiger partial charge in [0.1, 0.15) is 0 Å². The molecule has 0 bridgehead atoms. The van der Waals surface area contributed by atoms with Crippen molar-refractivity contribution >= 4 is 0 Å². The molecule has 0 radical (unpaired) electrons. The van der Waals surface area contributed by atoms with E-state index < -0.39 is 0 Å². The van der Waals surface area contributed by atoms with Crippen LogP contribution < -0.4 is 4.74 Å². The molecule has 0 aromatic carbocycles. The van der Waals surface area contributed by atoms with Crippen LogP contribution in [0.3, 0.4) is 0 Å². The average molecular weight is 177 g/mol. The van der Waals surface area contributed by atoms with E-state index in [0.717, 1.165) is 5.56 Å². The predicted octanol–water partition coefficient (Wildman–Crippen LogP) is 0.270. The highest BCUT2D eigenvalue weighted by Crippen LogP contribution is 2.14. The van der Waals surface area contributed by atoms with Crippen LogP contribution in [0.1, 0.15) is 0 Å². The van der Waals surface area contributed by atoms with Crippen molar-refractivity contribution in [1.29, 1.82) is 0 Å². The SMILES string of the molecule is COc1ccc(-c2nn[nH]n2)cn1. The first kappa shape index (κ1) is 7.66. The van der Waals surface area contributed by atoms with Gasteiger partial charge in [0.2, 0.25) is 11.7 Å². The van der Waals surface area contributed by atoms with Crippen molar-refractivity contribution in [1.82, 2.24) is 25.6 Å². The second-order valence-electron chi connectivity index (χ2n) is 2.32. The van der Waals surface area contributed by atoms with E-state index in [1.807, 2.05) is 6.07 Å². The number of H-pyrrole nitrogens is 1. The van der Waals surface area contributed by atoms with Crippen molar-refractivity contribution in [3.8, 4) is 17.3 Å². The molecule has 6 nitrogen and oxygen atoms in total. The minimum Gasteiger partial charge on any atom is -0.481 e. The van der Waals surface area contributed by atoms with Crippen LogP contribution in [-0.2, 0) is 0 Å². The summed E-state index contributed by atoms with van der Waals surface area (Å²) in [5.74, 6) is 1.09. The van der Waals surface area contributed by atoms with Gasteiger partial charge in [-0.3, -0.25) is 0 Å². The highest BCUT2D eigenvalue weighted by molar-refractivity contribution is 5.52. The Balaban J connectivity index is 2.33. The zero-order valence-electron chi connectivity index (χ0n) is 6.93. The van der Waals surface area contributed by atoms with Gasteiger partial charge in [0.25, 0.3) is 0 Å². The number of nitrogens with zero attached hydrogens (tertiary/aromatic N) is 4. The summed E-state index contributed by atoms with van der Waals surface area (Å²) in [5.41, 5.74) is 0.801. The molecule has 0 aliphatic heterocycles. The first-order chi connectivity index (χ1) is 6.40. The van der Waals surface area contributed by atoms with Gasteiger partial charge in [-0.15, -0.1) is 10.2 Å². The average Bonchev–Trinajstić information content (AvgIpc) is 2.71. The molecule has 0 atom stereocenters. The van der Waals surface area contributed by atoms with Gasteiger partial charge in [-0.25, -0.2) is 4.98 Å². The highest BCUT2D eigenvalue weighted by atomic mass is 16.5. The maximum Gasteiger partial charge on any atom is 0.212 e. The number of ether oxygens (including phenoxy) is 1. The van der Waals surface area contributed by atoms with E-state index in [-0.39, 0.29) is 0 Å². The molecular formula is C7H7N5O. The van der Waals surface area contributed by atoms with Gasteiger partial charge >= 0.3 is 0 Å². The lowest BCUT2D eigenvalue weighted by atomic mass is 10.3. The Hall–Kier alpha value is -1.98. The van der Waals surface area contributed by atoms with Crippen LogP contribution in [0.4, 0.5) is 0 Å². The standard InChI is InChI=1S/C7H7N5O/c1-13-6-3-2-5(4-8-6)7-9-11-12-10-7/h2-4H,1H3,(H,9,10,11,12). The molecule has 13 heavy (non-hydrogen) atoms. The summed E-state index contributed by atoms with van der Waals surface area (Å²) in [6.45, 7) is 0. The van der Waals surface area contributed by atoms with E-state index >= 15 is 0 Å². The summed E-state index contributed by atoms with van der Waals surface area (Å²) < 4.78 is 4.91. The molecule has 0 amide bonds. The maximum atomic E-state index is 4.91. The fourth-order valence-corrected chi connectivity index (χ4v) is 0.917. The normalized spacial score (nSPS) is 9.92. The summed E-state index contributed by atoms with van der Waals surface area (Å²) >= 11 is 0. The molecule has 0 fully saturated rings. The maximum absolute atomic E-state index is 4.91. The van der Waals surface area contributed by atoms with E-state index in [9.17, 15) is 0 Å². The number of aromatic amines is 1. The molecule has 1 N–H and O–H groups in total. The van der Waals surface area contributed by atoms with Crippen LogP contribution >= 0.6 is 0 Å². The molecule has 0 unspecified atom stereocenters. The Bertz CT molecular complexity index is 368. The molecule has 2 aromatic rings. The Morgan fingerprint density at radius 2 is 2.31 bits per heavy atom. The summed E-state index contributed by atoms with van der Waals surface area (Å²) in [6.07, 6.45) is 1.63. The summed E-state index contributed by atoms with van der Waals surface area (Å²) in [5, 5.41) is 13.4. The summed E-state index contributed by atoms with van der Waals surface area (Å²) in [4.78, 5) is 4.01. The number of pyridine rings is 1. The van der Waals surface area contributed by atoms with Crippen LogP contribution in [0.5, 0.6) is 5.88 Å². The second kappa shape index (κ2) is 3.18. The lowest BCUT2D eigenvalue weighted by molar-refractivity contribution is 0.398. The van der Waals surface area contributed by atoms with Crippen molar-refractivity contribution in [3.63, 3.8) is 0 Å². The molecule has 0 saturated heterocycles. The van der Waals surface area contributed by atoms with Gasteiger partial charge in [0.05, 0.1) is 7.11 Å². The number of tetrazole rings is 1. The lowest BCUT2D eigenvalue weighted by Crippen LogP contribution is -1.88. The Labute approximate surface area is 74.0 Å². The van der Waals surface area contributed by atoms with Gasteiger partial charge in [0.15, 0.2) is 0 Å². The molecule has 6 heteroatoms. The van der Waals surface area contributed by atoms with E-state index in [1.54, 1.807) is 19.4 Å². The zero-order valence-corrected chi connectivity index (χ0v) is 6.93. The summed E-state index contributed by atoms with van der Waals surface area (Å²) in [6, 6.07) is 3.56. The van der Waals surface area contributed by atoms with Gasteiger partial charge in [-0.2, -0.15) is 5.21 Å². The van der Waals surface area contributed by atoms with Crippen LogP contribution in [0.25, 0.3) is 11.4 Å². The molecule has 2 heterocycles. The van der Waals surface area contributed by atoms with Crippen LogP contribution in [0, 0.1) is 0 Å². The number of hydrogen-bond acceptors (Lipinski definition) is 5. The van der Waals surface area contributed by atoms with Crippen molar-refractivity contribution in [2.75, 3.05) is 7.11 Å². The number of hydrogen-bond donors (Lipinski definition) is 1. The highest BCUT2D eigenvalue weighted by Gasteiger charge is 2.02. The molecule has 0 aliphatic rings. The smallest absolute Gasteiger partial charge is 0.212 e. The van der Waals surface area contributed by atoms with Crippen LogP contribution in [-0.4, -0.2) is 32.7 Å². The number of nitrogens with one attached hydrogen (secondary N) is 1. The van der Waals surface area contributed by atoms with E-state index in [2.05, 4.69) is 25.6 Å². The lowest BCUT2D eigenvalue weighted by Gasteiger charge is -1.97. The third kappa shape index (κ3) is 1.46. The number of rotatable bonds is 2. The Morgan fingerprint density at radius 3 is 2.85 bits per heavy atom. The quantitative estimate of drug-likeness (QED) is 0.712. The van der Waals surface area contributed by atoms with E-state index in [0.29, 0.717) is 11.7 Å². The van der Waals surface area contributed by atoms with Gasteiger partial charge in [-0.1, -0.05) is 0 Å². The fourth-order valence-electron chi connectivity index (χ4n) is 0.917. The molecule has 0 aliphatic carbocycles. The van der Waals surface area contributed by atoms with Crippen molar-refractivity contribution in [2.45, 2.75) is 0 Å². The van der Waals surface area contributed by atoms with Crippen molar-refractivity contribution < 1.29 is 4.74 Å². The van der Waals surface area contributed by atoms with E-state index in [4.69, 9.17) is 4.74 Å². The van der Waals surface area contributed by atoms with Crippen LogP contribution in [0.2, 0.25) is 0 Å². The van der Waals surface area contributed by atoms with Crippen molar-refractivity contribution in [3.05, 3.63) is 18.3 Å². The second-order valence-corrected chi connectivity index (χ2v) is 2.32. The predicted molar refractivity (Wildman–Crippen MR) is 44.0 cm³/mol. The molecule has 2 aromatic heterocycles. The van der Waals surface area contributed by atoms with Gasteiger partial charge in [0, 0.05) is 17.8 Å². The summed E-state index contributed by atoms with van der Waals surface area (Å²) in [7, 11) is 1.57. The third-order valence-electron chi connectivity index (χ3n) is 1.55.